The van der Waals surface area contributed by atoms with Gasteiger partial charge in [-0.15, -0.1) is 0 Å². The number of pyridine rings is 1. The number of aryl methyl sites for hydroxylation is 2. The van der Waals surface area contributed by atoms with Gasteiger partial charge in [0.25, 0.3) is 5.91 Å². The summed E-state index contributed by atoms with van der Waals surface area (Å²) in [4.78, 5) is 26.1. The maximum Gasteiger partial charge on any atom is 0.275 e. The minimum Gasteiger partial charge on any atom is -0.305 e. The number of sulfone groups is 1. The van der Waals surface area contributed by atoms with Crippen LogP contribution >= 0.6 is 0 Å². The number of anilines is 1. The van der Waals surface area contributed by atoms with Gasteiger partial charge in [0.2, 0.25) is 0 Å². The van der Waals surface area contributed by atoms with Crippen molar-refractivity contribution in [3.05, 3.63) is 77.9 Å². The summed E-state index contributed by atoms with van der Waals surface area (Å²) >= 11 is 0. The second-order valence-corrected chi connectivity index (χ2v) is 9.30. The van der Waals surface area contributed by atoms with E-state index in [1.807, 2.05) is 19.1 Å². The van der Waals surface area contributed by atoms with Gasteiger partial charge in [0.15, 0.2) is 15.7 Å². The average Bonchev–Trinajstić information content (AvgIpc) is 3.15. The second kappa shape index (κ2) is 8.31. The first-order valence-corrected chi connectivity index (χ1v) is 11.5. The van der Waals surface area contributed by atoms with Crippen LogP contribution in [0.1, 0.15) is 21.7 Å². The Hall–Kier alpha value is -3.92. The van der Waals surface area contributed by atoms with Crippen LogP contribution in [0.2, 0.25) is 0 Å². The molecule has 3 heterocycles. The summed E-state index contributed by atoms with van der Waals surface area (Å²) in [5.74, 6) is 0.299. The molecule has 32 heavy (non-hydrogen) atoms. The van der Waals surface area contributed by atoms with Gasteiger partial charge in [-0.05, 0) is 67.9 Å². The summed E-state index contributed by atoms with van der Waals surface area (Å²) < 4.78 is 24.9. The summed E-state index contributed by atoms with van der Waals surface area (Å²) in [5, 5.41) is 7.14. The molecule has 9 nitrogen and oxygen atoms in total. The van der Waals surface area contributed by atoms with Gasteiger partial charge >= 0.3 is 0 Å². The smallest absolute Gasteiger partial charge is 0.275 e. The number of rotatable bonds is 5. The van der Waals surface area contributed by atoms with Crippen LogP contribution in [-0.4, -0.2) is 45.3 Å². The van der Waals surface area contributed by atoms with E-state index in [9.17, 15) is 13.2 Å². The summed E-state index contributed by atoms with van der Waals surface area (Å²) in [6, 6.07) is 13.1. The SMILES string of the molecule is Cc1ccnc(-c2nccc(NC(=O)c3cc(C)nn3-c3ccc(S(C)(=O)=O)cc3)n2)c1. The fraction of sp³-hybridized carbons (Fsp3) is 0.136. The van der Waals surface area contributed by atoms with E-state index < -0.39 is 15.7 Å². The monoisotopic (exact) mass is 448 g/mol. The van der Waals surface area contributed by atoms with Crippen LogP contribution < -0.4 is 5.32 Å². The predicted molar refractivity (Wildman–Crippen MR) is 119 cm³/mol. The Morgan fingerprint density at radius 2 is 1.69 bits per heavy atom. The number of nitrogens with one attached hydrogen (secondary N) is 1. The Balaban J connectivity index is 1.62. The molecule has 0 saturated heterocycles. The maximum atomic E-state index is 13.0. The van der Waals surface area contributed by atoms with Crippen LogP contribution in [0.4, 0.5) is 5.82 Å². The topological polar surface area (TPSA) is 120 Å². The molecule has 1 amide bonds. The normalized spacial score (nSPS) is 11.3. The van der Waals surface area contributed by atoms with E-state index in [4.69, 9.17) is 0 Å². The molecular formula is C22H20N6O3S. The lowest BCUT2D eigenvalue weighted by atomic mass is 10.2. The highest BCUT2D eigenvalue weighted by Gasteiger charge is 2.17. The van der Waals surface area contributed by atoms with Gasteiger partial charge in [-0.2, -0.15) is 5.10 Å². The third-order valence-electron chi connectivity index (χ3n) is 4.62. The van der Waals surface area contributed by atoms with Crippen molar-refractivity contribution < 1.29 is 13.2 Å². The minimum atomic E-state index is -3.32. The quantitative estimate of drug-likeness (QED) is 0.498. The number of carbonyl (C=O) groups is 1. The Kier molecular flexibility index (Phi) is 5.54. The third kappa shape index (κ3) is 4.54. The van der Waals surface area contributed by atoms with Crippen LogP contribution in [0.5, 0.6) is 0 Å². The first-order chi connectivity index (χ1) is 15.2. The fourth-order valence-electron chi connectivity index (χ4n) is 3.08. The van der Waals surface area contributed by atoms with Crippen molar-refractivity contribution in [2.45, 2.75) is 18.7 Å². The van der Waals surface area contributed by atoms with E-state index in [1.54, 1.807) is 43.6 Å². The largest absolute Gasteiger partial charge is 0.305 e. The lowest BCUT2D eigenvalue weighted by Crippen LogP contribution is -2.18. The van der Waals surface area contributed by atoms with Gasteiger partial charge in [-0.1, -0.05) is 0 Å². The molecule has 4 rings (SSSR count). The molecule has 4 aromatic rings. The standard InChI is InChI=1S/C22H20N6O3S/c1-14-8-10-23-18(12-14)21-24-11-9-20(25-21)26-22(29)19-13-15(2)27-28(19)16-4-6-17(7-5-16)32(3,30)31/h4-13H,1-3H3,(H,24,25,26,29). The zero-order chi connectivity index (χ0) is 22.9. The molecule has 1 aromatic carbocycles. The Morgan fingerprint density at radius 1 is 0.969 bits per heavy atom. The van der Waals surface area contributed by atoms with Crippen molar-refractivity contribution in [3.8, 4) is 17.2 Å². The number of aromatic nitrogens is 5. The molecule has 0 fully saturated rings. The molecule has 0 atom stereocenters. The van der Waals surface area contributed by atoms with Crippen LogP contribution in [0.15, 0.2) is 65.8 Å². The van der Waals surface area contributed by atoms with Crippen LogP contribution in [0, 0.1) is 13.8 Å². The van der Waals surface area contributed by atoms with Crippen molar-refractivity contribution in [1.82, 2.24) is 24.7 Å². The van der Waals surface area contributed by atoms with Crippen molar-refractivity contribution in [2.75, 3.05) is 11.6 Å². The first kappa shape index (κ1) is 21.3. The molecule has 0 unspecified atom stereocenters. The zero-order valence-corrected chi connectivity index (χ0v) is 18.5. The third-order valence-corrected chi connectivity index (χ3v) is 5.74. The van der Waals surface area contributed by atoms with Gasteiger partial charge in [-0.3, -0.25) is 9.78 Å². The molecule has 0 saturated carbocycles. The van der Waals surface area contributed by atoms with E-state index in [2.05, 4.69) is 25.4 Å². The van der Waals surface area contributed by atoms with Crippen LogP contribution in [0.3, 0.4) is 0 Å². The number of hydrogen-bond donors (Lipinski definition) is 1. The zero-order valence-electron chi connectivity index (χ0n) is 17.6. The van der Waals surface area contributed by atoms with Gasteiger partial charge in [0.1, 0.15) is 17.2 Å². The van der Waals surface area contributed by atoms with Gasteiger partial charge < -0.3 is 5.32 Å². The summed E-state index contributed by atoms with van der Waals surface area (Å²) in [6.07, 6.45) is 4.37. The molecule has 162 valence electrons. The predicted octanol–water partition coefficient (Wildman–Crippen LogP) is 3.00. The number of nitrogens with zero attached hydrogens (tertiary/aromatic N) is 5. The van der Waals surface area contributed by atoms with Crippen molar-refractivity contribution in [1.29, 1.82) is 0 Å². The van der Waals surface area contributed by atoms with Crippen molar-refractivity contribution in [2.24, 2.45) is 0 Å². The summed E-state index contributed by atoms with van der Waals surface area (Å²) in [7, 11) is -3.32. The molecule has 10 heteroatoms. The number of hydrogen-bond acceptors (Lipinski definition) is 7. The second-order valence-electron chi connectivity index (χ2n) is 7.29. The molecular weight excluding hydrogens is 428 g/mol. The Morgan fingerprint density at radius 3 is 2.38 bits per heavy atom. The minimum absolute atomic E-state index is 0.189. The summed E-state index contributed by atoms with van der Waals surface area (Å²) in [5.41, 5.74) is 3.10. The van der Waals surface area contributed by atoms with E-state index in [1.165, 1.54) is 16.8 Å². The van der Waals surface area contributed by atoms with E-state index in [0.29, 0.717) is 28.7 Å². The maximum absolute atomic E-state index is 13.0. The van der Waals surface area contributed by atoms with Gasteiger partial charge in [-0.25, -0.2) is 23.1 Å². The molecule has 0 aliphatic rings. The van der Waals surface area contributed by atoms with Gasteiger partial charge in [0, 0.05) is 18.6 Å². The highest BCUT2D eigenvalue weighted by atomic mass is 32.2. The molecule has 0 spiro atoms. The molecule has 0 bridgehead atoms. The highest BCUT2D eigenvalue weighted by molar-refractivity contribution is 7.90. The Labute approximate surface area is 185 Å². The molecule has 0 aliphatic carbocycles. The molecule has 0 radical (unpaired) electrons. The van der Waals surface area contributed by atoms with Gasteiger partial charge in [0.05, 0.1) is 16.3 Å². The fourth-order valence-corrected chi connectivity index (χ4v) is 3.71. The lowest BCUT2D eigenvalue weighted by molar-refractivity contribution is 0.101. The first-order valence-electron chi connectivity index (χ1n) is 9.65. The van der Waals surface area contributed by atoms with Crippen LogP contribution in [-0.2, 0) is 9.84 Å². The number of carbonyl (C=O) groups excluding carboxylic acids is 1. The van der Waals surface area contributed by atoms with E-state index in [0.717, 1.165) is 11.8 Å². The lowest BCUT2D eigenvalue weighted by Gasteiger charge is -2.09. The summed E-state index contributed by atoms with van der Waals surface area (Å²) in [6.45, 7) is 3.72. The van der Waals surface area contributed by atoms with Crippen molar-refractivity contribution in [3.63, 3.8) is 0 Å². The Bertz CT molecular complexity index is 1410. The molecule has 0 aliphatic heterocycles. The molecule has 3 aromatic heterocycles. The molecule has 1 N–H and O–H groups in total. The van der Waals surface area contributed by atoms with Crippen LogP contribution in [0.25, 0.3) is 17.2 Å². The number of amides is 1. The van der Waals surface area contributed by atoms with E-state index >= 15 is 0 Å². The average molecular weight is 449 g/mol. The number of benzene rings is 1. The highest BCUT2D eigenvalue weighted by Crippen LogP contribution is 2.19. The van der Waals surface area contributed by atoms with Crippen molar-refractivity contribution >= 4 is 21.6 Å². The van der Waals surface area contributed by atoms with E-state index in [-0.39, 0.29) is 10.6 Å².